The van der Waals surface area contributed by atoms with Crippen molar-refractivity contribution < 1.29 is 4.79 Å². The molecule has 29 heavy (non-hydrogen) atoms. The predicted octanol–water partition coefficient (Wildman–Crippen LogP) is 3.60. The SMILES string of the molecule is CC(=O)N1CCC(Nc2cc(-c3ccc4nc[nH]c4c3)c3nccnc3c2)CC1. The molecule has 0 atom stereocenters. The van der Waals surface area contributed by atoms with Gasteiger partial charge in [0.25, 0.3) is 0 Å². The summed E-state index contributed by atoms with van der Waals surface area (Å²) in [5.41, 5.74) is 6.81. The summed E-state index contributed by atoms with van der Waals surface area (Å²) in [6.07, 6.45) is 7.03. The minimum Gasteiger partial charge on any atom is -0.382 e. The van der Waals surface area contributed by atoms with Crippen LogP contribution in [0.4, 0.5) is 5.69 Å². The van der Waals surface area contributed by atoms with Crippen LogP contribution < -0.4 is 5.32 Å². The number of rotatable bonds is 3. The Morgan fingerprint density at radius 3 is 2.72 bits per heavy atom. The molecule has 1 aliphatic rings. The van der Waals surface area contributed by atoms with Gasteiger partial charge in [0, 0.05) is 49.7 Å². The normalized spacial score (nSPS) is 15.1. The van der Waals surface area contributed by atoms with E-state index in [4.69, 9.17) is 0 Å². The number of aromatic nitrogens is 4. The number of hydrogen-bond acceptors (Lipinski definition) is 5. The summed E-state index contributed by atoms with van der Waals surface area (Å²) in [5.74, 6) is 0.154. The summed E-state index contributed by atoms with van der Waals surface area (Å²) in [5, 5.41) is 3.65. The number of likely N-dealkylation sites (tertiary alicyclic amines) is 1. The molecule has 0 unspecified atom stereocenters. The maximum atomic E-state index is 11.6. The first kappa shape index (κ1) is 17.6. The molecule has 0 aliphatic carbocycles. The van der Waals surface area contributed by atoms with Crippen LogP contribution in [-0.2, 0) is 4.79 Å². The highest BCUT2D eigenvalue weighted by Gasteiger charge is 2.21. The van der Waals surface area contributed by atoms with Crippen molar-refractivity contribution in [1.82, 2.24) is 24.8 Å². The number of H-pyrrole nitrogens is 1. The van der Waals surface area contributed by atoms with E-state index in [0.29, 0.717) is 6.04 Å². The largest absolute Gasteiger partial charge is 0.382 e. The molecule has 1 aliphatic heterocycles. The van der Waals surface area contributed by atoms with Crippen LogP contribution in [0, 0.1) is 0 Å². The molecule has 0 bridgehead atoms. The third-order valence-electron chi connectivity index (χ3n) is 5.62. The first-order chi connectivity index (χ1) is 14.2. The van der Waals surface area contributed by atoms with E-state index in [1.807, 2.05) is 11.0 Å². The summed E-state index contributed by atoms with van der Waals surface area (Å²) in [6.45, 7) is 3.23. The number of amides is 1. The second kappa shape index (κ2) is 7.16. The molecule has 2 aromatic heterocycles. The summed E-state index contributed by atoms with van der Waals surface area (Å²) < 4.78 is 0. The van der Waals surface area contributed by atoms with Gasteiger partial charge < -0.3 is 15.2 Å². The van der Waals surface area contributed by atoms with Gasteiger partial charge in [0.15, 0.2) is 0 Å². The van der Waals surface area contributed by atoms with Crippen LogP contribution in [-0.4, -0.2) is 49.9 Å². The number of carbonyl (C=O) groups excluding carboxylic acids is 1. The van der Waals surface area contributed by atoms with E-state index in [-0.39, 0.29) is 5.91 Å². The molecule has 2 aromatic carbocycles. The second-order valence-corrected chi connectivity index (χ2v) is 7.51. The van der Waals surface area contributed by atoms with E-state index < -0.39 is 0 Å². The van der Waals surface area contributed by atoms with Crippen LogP contribution >= 0.6 is 0 Å². The Kier molecular flexibility index (Phi) is 4.35. The molecule has 2 N–H and O–H groups in total. The number of nitrogens with zero attached hydrogens (tertiary/aromatic N) is 4. The number of anilines is 1. The molecule has 1 saturated heterocycles. The van der Waals surface area contributed by atoms with Crippen molar-refractivity contribution in [2.45, 2.75) is 25.8 Å². The predicted molar refractivity (Wildman–Crippen MR) is 114 cm³/mol. The number of imidazole rings is 1. The fourth-order valence-corrected chi connectivity index (χ4v) is 4.06. The molecular formula is C22H22N6O. The lowest BCUT2D eigenvalue weighted by molar-refractivity contribution is -0.129. The fourth-order valence-electron chi connectivity index (χ4n) is 4.06. The van der Waals surface area contributed by atoms with Crippen LogP contribution in [0.25, 0.3) is 33.2 Å². The lowest BCUT2D eigenvalue weighted by Crippen LogP contribution is -2.41. The van der Waals surface area contributed by atoms with Gasteiger partial charge in [-0.1, -0.05) is 6.07 Å². The van der Waals surface area contributed by atoms with Crippen molar-refractivity contribution >= 4 is 33.7 Å². The summed E-state index contributed by atoms with van der Waals surface area (Å²) in [7, 11) is 0. The van der Waals surface area contributed by atoms with Crippen molar-refractivity contribution in [2.24, 2.45) is 0 Å². The van der Waals surface area contributed by atoms with Gasteiger partial charge in [-0.3, -0.25) is 14.8 Å². The molecule has 146 valence electrons. The number of piperidine rings is 1. The number of aromatic amines is 1. The Balaban J connectivity index is 1.50. The topological polar surface area (TPSA) is 86.8 Å². The van der Waals surface area contributed by atoms with Gasteiger partial charge in [-0.25, -0.2) is 4.98 Å². The van der Waals surface area contributed by atoms with Crippen molar-refractivity contribution in [2.75, 3.05) is 18.4 Å². The first-order valence-electron chi connectivity index (χ1n) is 9.88. The van der Waals surface area contributed by atoms with E-state index in [1.165, 1.54) is 0 Å². The summed E-state index contributed by atoms with van der Waals surface area (Å²) in [6, 6.07) is 10.7. The van der Waals surface area contributed by atoms with Crippen molar-refractivity contribution in [3.8, 4) is 11.1 Å². The van der Waals surface area contributed by atoms with Gasteiger partial charge in [-0.2, -0.15) is 0 Å². The van der Waals surface area contributed by atoms with Crippen molar-refractivity contribution in [3.63, 3.8) is 0 Å². The van der Waals surface area contributed by atoms with E-state index >= 15 is 0 Å². The monoisotopic (exact) mass is 386 g/mol. The third kappa shape index (κ3) is 3.40. The second-order valence-electron chi connectivity index (χ2n) is 7.51. The van der Waals surface area contributed by atoms with E-state index in [9.17, 15) is 4.79 Å². The summed E-state index contributed by atoms with van der Waals surface area (Å²) in [4.78, 5) is 30.1. The Hall–Kier alpha value is -3.48. The average Bonchev–Trinajstić information content (AvgIpc) is 3.21. The molecule has 7 heteroatoms. The van der Waals surface area contributed by atoms with E-state index in [1.54, 1.807) is 25.6 Å². The van der Waals surface area contributed by atoms with E-state index in [2.05, 4.69) is 49.5 Å². The van der Waals surface area contributed by atoms with Crippen LogP contribution in [0.2, 0.25) is 0 Å². The molecule has 1 amide bonds. The molecule has 0 spiro atoms. The highest BCUT2D eigenvalue weighted by atomic mass is 16.2. The van der Waals surface area contributed by atoms with Gasteiger partial charge in [0.2, 0.25) is 5.91 Å². The quantitative estimate of drug-likeness (QED) is 0.562. The first-order valence-corrected chi connectivity index (χ1v) is 9.88. The zero-order chi connectivity index (χ0) is 19.8. The Bertz CT molecular complexity index is 1190. The molecule has 3 heterocycles. The number of fused-ring (bicyclic) bond motifs is 2. The molecule has 5 rings (SSSR count). The van der Waals surface area contributed by atoms with Gasteiger partial charge in [0.05, 0.1) is 28.4 Å². The zero-order valence-electron chi connectivity index (χ0n) is 16.2. The van der Waals surface area contributed by atoms with Crippen LogP contribution in [0.5, 0.6) is 0 Å². The highest BCUT2D eigenvalue weighted by molar-refractivity contribution is 5.96. The molecule has 0 radical (unpaired) electrons. The minimum atomic E-state index is 0.154. The lowest BCUT2D eigenvalue weighted by Gasteiger charge is -2.32. The standard InChI is InChI=1S/C22H22N6O/c1-14(29)28-8-4-16(5-9-28)27-17-11-18(22-21(12-17)23-6-7-24-22)15-2-3-19-20(10-15)26-13-25-19/h2-3,6-7,10-13,16,27H,4-5,8-9H2,1H3,(H,25,26). The lowest BCUT2D eigenvalue weighted by atomic mass is 10.0. The average molecular weight is 386 g/mol. The molecular weight excluding hydrogens is 364 g/mol. The van der Waals surface area contributed by atoms with E-state index in [0.717, 1.165) is 64.8 Å². The van der Waals surface area contributed by atoms with Gasteiger partial charge >= 0.3 is 0 Å². The fraction of sp³-hybridized carbons (Fsp3) is 0.273. The Labute approximate surface area is 168 Å². The number of hydrogen-bond donors (Lipinski definition) is 2. The van der Waals surface area contributed by atoms with Crippen molar-refractivity contribution in [3.05, 3.63) is 49.1 Å². The maximum Gasteiger partial charge on any atom is 0.219 e. The minimum absolute atomic E-state index is 0.154. The Morgan fingerprint density at radius 1 is 1.07 bits per heavy atom. The van der Waals surface area contributed by atoms with Gasteiger partial charge in [-0.05, 0) is 42.7 Å². The van der Waals surface area contributed by atoms with Crippen LogP contribution in [0.3, 0.4) is 0 Å². The van der Waals surface area contributed by atoms with Crippen molar-refractivity contribution in [1.29, 1.82) is 0 Å². The summed E-state index contributed by atoms with van der Waals surface area (Å²) >= 11 is 0. The molecule has 7 nitrogen and oxygen atoms in total. The van der Waals surface area contributed by atoms with Gasteiger partial charge in [0.1, 0.15) is 0 Å². The van der Waals surface area contributed by atoms with Gasteiger partial charge in [-0.15, -0.1) is 0 Å². The molecule has 4 aromatic rings. The third-order valence-corrected chi connectivity index (χ3v) is 5.62. The number of carbonyl (C=O) groups is 1. The van der Waals surface area contributed by atoms with Crippen LogP contribution in [0.1, 0.15) is 19.8 Å². The molecule has 1 fully saturated rings. The molecule has 0 saturated carbocycles. The Morgan fingerprint density at radius 2 is 1.90 bits per heavy atom. The number of benzene rings is 2. The smallest absolute Gasteiger partial charge is 0.219 e. The zero-order valence-corrected chi connectivity index (χ0v) is 16.2. The maximum absolute atomic E-state index is 11.6. The number of nitrogens with one attached hydrogen (secondary N) is 2. The highest BCUT2D eigenvalue weighted by Crippen LogP contribution is 2.32. The van der Waals surface area contributed by atoms with Crippen LogP contribution in [0.15, 0.2) is 49.1 Å².